The Bertz CT molecular complexity index is 2760. The lowest BCUT2D eigenvalue weighted by molar-refractivity contribution is -0.688. The highest BCUT2D eigenvalue weighted by atomic mass is 35.5. The molecule has 0 saturated heterocycles. The van der Waals surface area contributed by atoms with Crippen LogP contribution in [0, 0.1) is 0 Å². The number of nitrogens with one attached hydrogen (secondary N) is 3. The van der Waals surface area contributed by atoms with Gasteiger partial charge in [0.15, 0.2) is 30.3 Å². The number of amides is 1. The molecule has 2 atom stereocenters. The summed E-state index contributed by atoms with van der Waals surface area (Å²) in [6, 6.07) is 21.3. The van der Waals surface area contributed by atoms with Crippen LogP contribution in [0.4, 0.5) is 20.2 Å². The van der Waals surface area contributed by atoms with Gasteiger partial charge in [0.2, 0.25) is 10.0 Å². The van der Waals surface area contributed by atoms with E-state index in [1.165, 1.54) is 58.9 Å². The largest absolute Gasteiger partial charge is 0.746 e. The fourth-order valence-electron chi connectivity index (χ4n) is 7.23. The number of rotatable bonds is 25. The van der Waals surface area contributed by atoms with Crippen LogP contribution in [-0.2, 0) is 32.3 Å². The summed E-state index contributed by atoms with van der Waals surface area (Å²) in [7, 11) is -9.01. The van der Waals surface area contributed by atoms with Crippen LogP contribution in [0.3, 0.4) is 0 Å². The van der Waals surface area contributed by atoms with E-state index in [2.05, 4.69) is 44.4 Å². The maximum atomic E-state index is 13.9. The standard InChI is InChI=1S/C45H49Cl2F2N4O11PS/c1-66(59,60)52-32-16-18-38-34(24-32)41-33(17-19-39(43(41)62-38)63-45(48)49)44(55)51-42-35(46)27-53(28-36(42)47)26-31-15-14-30(23-40(31)64-65(56,57)58)37(54)25-50-20-8-2-3-9-21-61-22-10-7-13-29-11-5-4-6-12-29/h4-6,11-12,14-19,23-24,27-28,37,45,50,52,54H,2-3,7-10,13,20-22,25-26H2,1H3,(H2,56,57,58). The number of anilines is 2. The van der Waals surface area contributed by atoms with E-state index >= 15 is 0 Å². The van der Waals surface area contributed by atoms with Crippen LogP contribution in [0.25, 0.3) is 21.9 Å². The Kier molecular flexibility index (Phi) is 17.8. The predicted octanol–water partition coefficient (Wildman–Crippen LogP) is 8.52. The molecule has 21 heteroatoms. The summed E-state index contributed by atoms with van der Waals surface area (Å²) in [5.74, 6) is -1.43. The Balaban J connectivity index is 1.06. The number of phosphoric ester groups is 1. The SMILES string of the molecule is CS(=O)(=O)Nc1ccc2oc3c(OC(F)F)ccc(C(=O)Nc4c(Cl)c[n+](Cc5ccc(C(O)CNCCCCCCOCCCCc6ccccc6)cc5OP(=O)([O-])O)cc4Cl)c3c2c1. The summed E-state index contributed by atoms with van der Waals surface area (Å²) in [4.78, 5) is 35.4. The molecule has 15 nitrogen and oxygen atoms in total. The number of ether oxygens (including phenoxy) is 2. The number of aromatic nitrogens is 1. The van der Waals surface area contributed by atoms with Gasteiger partial charge in [0.25, 0.3) is 5.91 Å². The summed E-state index contributed by atoms with van der Waals surface area (Å²) >= 11 is 13.2. The second-order valence-corrected chi connectivity index (χ2v) is 19.1. The lowest BCUT2D eigenvalue weighted by atomic mass is 10.0. The molecule has 0 fully saturated rings. The van der Waals surface area contributed by atoms with E-state index in [1.54, 1.807) is 6.07 Å². The zero-order valence-electron chi connectivity index (χ0n) is 35.7. The summed E-state index contributed by atoms with van der Waals surface area (Å²) in [5, 5.41) is 16.8. The number of hydrogen-bond acceptors (Lipinski definition) is 11. The molecule has 5 N–H and O–H groups in total. The van der Waals surface area contributed by atoms with Crippen molar-refractivity contribution in [1.29, 1.82) is 0 Å². The number of aryl methyl sites for hydroxylation is 1. The first-order valence-electron chi connectivity index (χ1n) is 20.9. The van der Waals surface area contributed by atoms with E-state index in [9.17, 15) is 41.5 Å². The first-order valence-corrected chi connectivity index (χ1v) is 25.1. The van der Waals surface area contributed by atoms with Crippen LogP contribution in [0.5, 0.6) is 11.5 Å². The van der Waals surface area contributed by atoms with Crippen molar-refractivity contribution < 1.29 is 64.4 Å². The highest BCUT2D eigenvalue weighted by Crippen LogP contribution is 2.40. The number of aliphatic hydroxyl groups is 1. The monoisotopic (exact) mass is 992 g/mol. The molecule has 4 aromatic carbocycles. The topological polar surface area (TPSA) is 213 Å². The van der Waals surface area contributed by atoms with Gasteiger partial charge in [-0.1, -0.05) is 72.4 Å². The lowest BCUT2D eigenvalue weighted by Gasteiger charge is -2.20. The number of furan rings is 1. The Hall–Kier alpha value is -4.88. The van der Waals surface area contributed by atoms with E-state index in [1.807, 2.05) is 6.07 Å². The third-order valence-corrected chi connectivity index (χ3v) is 11.8. The number of carbonyl (C=O) groups excluding carboxylic acids is 1. The molecule has 0 spiro atoms. The third-order valence-electron chi connectivity index (χ3n) is 10.2. The van der Waals surface area contributed by atoms with E-state index in [0.717, 1.165) is 70.5 Å². The van der Waals surface area contributed by atoms with Crippen molar-refractivity contribution in [3.05, 3.63) is 124 Å². The number of hydrogen-bond donors (Lipinski definition) is 5. The van der Waals surface area contributed by atoms with Gasteiger partial charge in [-0.2, -0.15) is 13.3 Å². The molecule has 1 amide bonds. The van der Waals surface area contributed by atoms with Crippen LogP contribution in [0.2, 0.25) is 10.0 Å². The van der Waals surface area contributed by atoms with Crippen molar-refractivity contribution in [1.82, 2.24) is 5.32 Å². The molecule has 6 rings (SSSR count). The van der Waals surface area contributed by atoms with Crippen molar-refractivity contribution in [3.8, 4) is 11.5 Å². The Morgan fingerprint density at radius 3 is 2.33 bits per heavy atom. The van der Waals surface area contributed by atoms with Gasteiger partial charge in [0.05, 0.1) is 29.2 Å². The van der Waals surface area contributed by atoms with E-state index in [0.29, 0.717) is 12.1 Å². The van der Waals surface area contributed by atoms with E-state index in [-0.39, 0.29) is 79.1 Å². The quantitative estimate of drug-likeness (QED) is 0.0208. The molecule has 0 aliphatic heterocycles. The van der Waals surface area contributed by atoms with Gasteiger partial charge in [-0.3, -0.25) is 14.1 Å². The molecule has 6 aromatic rings. The molecular weight excluding hydrogens is 944 g/mol. The van der Waals surface area contributed by atoms with Gasteiger partial charge in [-0.15, -0.1) is 0 Å². The molecule has 0 radical (unpaired) electrons. The Labute approximate surface area is 390 Å². The minimum absolute atomic E-state index is 0.0286. The molecular formula is C45H49Cl2F2N4O11PS. The summed E-state index contributed by atoms with van der Waals surface area (Å²) in [6.07, 6.45) is 9.68. The first-order chi connectivity index (χ1) is 31.4. The number of benzene rings is 4. The minimum atomic E-state index is -5.30. The molecule has 354 valence electrons. The second-order valence-electron chi connectivity index (χ2n) is 15.5. The zero-order valence-corrected chi connectivity index (χ0v) is 38.9. The predicted molar refractivity (Wildman–Crippen MR) is 246 cm³/mol. The highest BCUT2D eigenvalue weighted by Gasteiger charge is 2.25. The summed E-state index contributed by atoms with van der Waals surface area (Å²) in [5.41, 5.74) is 1.81. The first kappa shape index (κ1) is 50.5. The smallest absolute Gasteiger partial charge is 0.387 e. The number of carbonyl (C=O) groups is 1. The molecule has 66 heavy (non-hydrogen) atoms. The fourth-order valence-corrected chi connectivity index (χ4v) is 8.81. The maximum Gasteiger partial charge on any atom is 0.387 e. The lowest BCUT2D eigenvalue weighted by Crippen LogP contribution is -2.34. The molecule has 0 saturated carbocycles. The maximum absolute atomic E-state index is 13.9. The molecule has 2 heterocycles. The summed E-state index contributed by atoms with van der Waals surface area (Å²) in [6.45, 7) is -1.04. The number of nitrogens with zero attached hydrogens (tertiary/aromatic N) is 1. The number of unbranched alkanes of at least 4 members (excludes halogenated alkanes) is 4. The van der Waals surface area contributed by atoms with Crippen molar-refractivity contribution in [2.24, 2.45) is 0 Å². The highest BCUT2D eigenvalue weighted by molar-refractivity contribution is 7.92. The van der Waals surface area contributed by atoms with Crippen LogP contribution in [-0.4, -0.2) is 63.5 Å². The number of aliphatic hydroxyl groups excluding tert-OH is 1. The number of pyridine rings is 1. The van der Waals surface area contributed by atoms with Crippen LogP contribution in [0.15, 0.2) is 95.7 Å². The average Bonchev–Trinajstić information content (AvgIpc) is 3.63. The number of alkyl halides is 2. The molecule has 2 aromatic heterocycles. The van der Waals surface area contributed by atoms with Crippen molar-refractivity contribution >= 4 is 80.3 Å². The molecule has 0 bridgehead atoms. The van der Waals surface area contributed by atoms with Gasteiger partial charge in [0, 0.05) is 36.2 Å². The van der Waals surface area contributed by atoms with Gasteiger partial charge in [-0.05, 0) is 92.2 Å². The van der Waals surface area contributed by atoms with Gasteiger partial charge in [-0.25, -0.2) is 8.42 Å². The summed E-state index contributed by atoms with van der Waals surface area (Å²) < 4.78 is 87.3. The van der Waals surface area contributed by atoms with Gasteiger partial charge >= 0.3 is 14.4 Å². The van der Waals surface area contributed by atoms with Crippen molar-refractivity contribution in [2.45, 2.75) is 64.2 Å². The fraction of sp³-hybridized carbons (Fsp3) is 0.333. The van der Waals surface area contributed by atoms with Crippen LogP contribution < -0.4 is 34.1 Å². The van der Waals surface area contributed by atoms with Gasteiger partial charge in [0.1, 0.15) is 21.4 Å². The number of halogens is 4. The van der Waals surface area contributed by atoms with Gasteiger partial charge < -0.3 is 43.9 Å². The Morgan fingerprint density at radius 2 is 1.64 bits per heavy atom. The van der Waals surface area contributed by atoms with E-state index < -0.39 is 36.5 Å². The molecule has 0 aliphatic rings. The van der Waals surface area contributed by atoms with Crippen molar-refractivity contribution in [3.63, 3.8) is 0 Å². The Morgan fingerprint density at radius 1 is 0.924 bits per heavy atom. The van der Waals surface area contributed by atoms with Crippen molar-refractivity contribution in [2.75, 3.05) is 42.6 Å². The van der Waals surface area contributed by atoms with E-state index in [4.69, 9.17) is 36.9 Å². The third kappa shape index (κ3) is 14.8. The number of fused-ring (bicyclic) bond motifs is 3. The van der Waals surface area contributed by atoms with Crippen LogP contribution in [0.1, 0.15) is 71.7 Å². The minimum Gasteiger partial charge on any atom is -0.746 e. The number of sulfonamides is 1. The normalized spacial score (nSPS) is 13.2. The second kappa shape index (κ2) is 23.2. The number of phosphoric acid groups is 1. The molecule has 2 unspecified atom stereocenters. The zero-order chi connectivity index (χ0) is 47.4. The van der Waals surface area contributed by atoms with Crippen LogP contribution >= 0.6 is 31.0 Å². The average molecular weight is 994 g/mol. The molecule has 0 aliphatic carbocycles.